The lowest BCUT2D eigenvalue weighted by atomic mass is 10.0. The summed E-state index contributed by atoms with van der Waals surface area (Å²) in [6.45, 7) is 10.2. The molecule has 0 saturated heterocycles. The van der Waals surface area contributed by atoms with Crippen molar-refractivity contribution in [2.24, 2.45) is 0 Å². The first-order chi connectivity index (χ1) is 38.0. The minimum absolute atomic E-state index is 0.345. The van der Waals surface area contributed by atoms with Gasteiger partial charge >= 0.3 is 5.97 Å². The van der Waals surface area contributed by atoms with Gasteiger partial charge in [-0.2, -0.15) is 0 Å². The SMILES string of the molecule is CCCCCCCCCCCCCCCCCC(=O)O.CCCCCCCCCCCCCCCCCCO.CCCCCCCCCCCCCCCCCCO.CCCCCCCCCCCCCCCCCCO. The van der Waals surface area contributed by atoms with Gasteiger partial charge in [0, 0.05) is 26.2 Å². The number of rotatable bonds is 64. The molecule has 0 bridgehead atoms. The van der Waals surface area contributed by atoms with E-state index in [0.29, 0.717) is 26.2 Å². The first kappa shape index (κ1) is 82.8. The van der Waals surface area contributed by atoms with E-state index in [-0.39, 0.29) is 0 Å². The Hall–Kier alpha value is -0.650. The summed E-state index contributed by atoms with van der Waals surface area (Å²) in [7, 11) is 0. The maximum Gasteiger partial charge on any atom is 0.303 e. The van der Waals surface area contributed by atoms with Gasteiger partial charge in [-0.1, -0.05) is 407 Å². The Morgan fingerprint density at radius 3 is 0.390 bits per heavy atom. The fourth-order valence-corrected chi connectivity index (χ4v) is 10.6. The molecule has 0 aliphatic heterocycles. The van der Waals surface area contributed by atoms with Crippen LogP contribution in [0.4, 0.5) is 0 Å². The molecule has 0 aromatic carbocycles. The molecule has 77 heavy (non-hydrogen) atoms. The lowest BCUT2D eigenvalue weighted by molar-refractivity contribution is -0.137. The Morgan fingerprint density at radius 1 is 0.182 bits per heavy atom. The summed E-state index contributed by atoms with van der Waals surface area (Å²) >= 11 is 0. The first-order valence-corrected chi connectivity index (χ1v) is 36.1. The van der Waals surface area contributed by atoms with E-state index in [9.17, 15) is 4.79 Å². The van der Waals surface area contributed by atoms with Crippen LogP contribution in [0.5, 0.6) is 0 Å². The normalized spacial score (nSPS) is 11.0. The highest BCUT2D eigenvalue weighted by atomic mass is 16.4. The van der Waals surface area contributed by atoms with Crippen molar-refractivity contribution in [2.75, 3.05) is 19.8 Å². The van der Waals surface area contributed by atoms with Crippen molar-refractivity contribution < 1.29 is 25.2 Å². The van der Waals surface area contributed by atoms with Gasteiger partial charge in [0.15, 0.2) is 0 Å². The summed E-state index contributed by atoms with van der Waals surface area (Å²) in [5.41, 5.74) is 0. The van der Waals surface area contributed by atoms with Crippen molar-refractivity contribution in [3.63, 3.8) is 0 Å². The Bertz CT molecular complexity index is 798. The zero-order valence-electron chi connectivity index (χ0n) is 54.1. The smallest absolute Gasteiger partial charge is 0.303 e. The molecule has 0 aliphatic rings. The van der Waals surface area contributed by atoms with Crippen LogP contribution in [-0.4, -0.2) is 46.2 Å². The average Bonchev–Trinajstić information content (AvgIpc) is 3.43. The molecule has 0 radical (unpaired) electrons. The molecular weight excluding hydrogens is 945 g/mol. The summed E-state index contributed by atoms with van der Waals surface area (Å²) in [5, 5.41) is 34.5. The third-order valence-electron chi connectivity index (χ3n) is 16.0. The van der Waals surface area contributed by atoms with Gasteiger partial charge < -0.3 is 20.4 Å². The minimum atomic E-state index is -0.653. The van der Waals surface area contributed by atoms with E-state index in [0.717, 1.165) is 32.1 Å². The number of aliphatic carboxylic acids is 1. The van der Waals surface area contributed by atoms with Gasteiger partial charge in [0.05, 0.1) is 0 Å². The van der Waals surface area contributed by atoms with Crippen LogP contribution in [0.15, 0.2) is 0 Å². The molecular formula is C72H150O5. The molecule has 0 saturated carbocycles. The lowest BCUT2D eigenvalue weighted by Gasteiger charge is -2.03. The Kier molecular flexibility index (Phi) is 93.1. The third-order valence-corrected chi connectivity index (χ3v) is 16.0. The standard InChI is InChI=1S/C18H36O2.3C18H38O/c1-2-3-4-5-6-7-8-9-10-11-12-13-14-15-16-17-18(19)20;3*1-2-3-4-5-6-7-8-9-10-11-12-13-14-15-16-17-18-19/h2-17H2,1H3,(H,19,20);3*19H,2-18H2,1H3. The van der Waals surface area contributed by atoms with Gasteiger partial charge in [-0.05, 0) is 25.7 Å². The summed E-state index contributed by atoms with van der Waals surface area (Å²) in [4.78, 5) is 10.3. The molecule has 5 nitrogen and oxygen atoms in total. The molecule has 0 atom stereocenters. The van der Waals surface area contributed by atoms with E-state index in [1.54, 1.807) is 0 Å². The van der Waals surface area contributed by atoms with Crippen LogP contribution in [-0.2, 0) is 4.79 Å². The number of carbonyl (C=O) groups is 1. The minimum Gasteiger partial charge on any atom is -0.481 e. The van der Waals surface area contributed by atoms with E-state index in [1.807, 2.05) is 0 Å². The Labute approximate surface area is 487 Å². The summed E-state index contributed by atoms with van der Waals surface area (Å²) < 4.78 is 0. The van der Waals surface area contributed by atoms with Gasteiger partial charge in [-0.3, -0.25) is 4.79 Å². The predicted molar refractivity (Wildman–Crippen MR) is 347 cm³/mol. The van der Waals surface area contributed by atoms with E-state index in [1.165, 1.54) is 372 Å². The largest absolute Gasteiger partial charge is 0.481 e. The first-order valence-electron chi connectivity index (χ1n) is 36.1. The topological polar surface area (TPSA) is 98.0 Å². The van der Waals surface area contributed by atoms with Crippen molar-refractivity contribution in [1.29, 1.82) is 0 Å². The van der Waals surface area contributed by atoms with Gasteiger partial charge in [0.1, 0.15) is 0 Å². The van der Waals surface area contributed by atoms with Crippen LogP contribution in [0.1, 0.15) is 439 Å². The third kappa shape index (κ3) is 97.9. The van der Waals surface area contributed by atoms with Gasteiger partial charge in [0.25, 0.3) is 0 Å². The molecule has 468 valence electrons. The highest BCUT2D eigenvalue weighted by Crippen LogP contribution is 2.18. The Balaban J connectivity index is -0.000000461. The quantitative estimate of drug-likeness (QED) is 0.0455. The van der Waals surface area contributed by atoms with Crippen molar-refractivity contribution in [2.45, 2.75) is 439 Å². The molecule has 0 spiro atoms. The maximum absolute atomic E-state index is 10.3. The van der Waals surface area contributed by atoms with Crippen molar-refractivity contribution in [1.82, 2.24) is 0 Å². The molecule has 5 heteroatoms. The second-order valence-electron chi connectivity index (χ2n) is 24.2. The molecule has 0 rings (SSSR count). The van der Waals surface area contributed by atoms with Crippen LogP contribution in [0.25, 0.3) is 0 Å². The predicted octanol–water partition coefficient (Wildman–Crippen LogP) is 25.1. The van der Waals surface area contributed by atoms with Crippen molar-refractivity contribution >= 4 is 5.97 Å². The lowest BCUT2D eigenvalue weighted by Crippen LogP contribution is -1.93. The van der Waals surface area contributed by atoms with Crippen LogP contribution in [0.3, 0.4) is 0 Å². The van der Waals surface area contributed by atoms with Crippen LogP contribution in [0.2, 0.25) is 0 Å². The zero-order chi connectivity index (χ0) is 57.0. The van der Waals surface area contributed by atoms with E-state index >= 15 is 0 Å². The highest BCUT2D eigenvalue weighted by molar-refractivity contribution is 5.66. The van der Waals surface area contributed by atoms with Crippen molar-refractivity contribution in [3.05, 3.63) is 0 Å². The van der Waals surface area contributed by atoms with Crippen LogP contribution >= 0.6 is 0 Å². The second kappa shape index (κ2) is 86.6. The molecule has 0 fully saturated rings. The number of hydrogen-bond acceptors (Lipinski definition) is 4. The van der Waals surface area contributed by atoms with Gasteiger partial charge in [-0.25, -0.2) is 0 Å². The summed E-state index contributed by atoms with van der Waals surface area (Å²) in [6.07, 6.45) is 86.7. The van der Waals surface area contributed by atoms with E-state index < -0.39 is 5.97 Å². The number of hydrogen-bond donors (Lipinski definition) is 4. The van der Waals surface area contributed by atoms with Gasteiger partial charge in [0.2, 0.25) is 0 Å². The highest BCUT2D eigenvalue weighted by Gasteiger charge is 2.00. The number of aliphatic hydroxyl groups excluding tert-OH is 3. The average molecular weight is 1100 g/mol. The van der Waals surface area contributed by atoms with Crippen molar-refractivity contribution in [3.8, 4) is 0 Å². The number of aliphatic hydroxyl groups is 3. The summed E-state index contributed by atoms with van der Waals surface area (Å²) in [5.74, 6) is -0.653. The fraction of sp³-hybridized carbons (Fsp3) is 0.986. The van der Waals surface area contributed by atoms with E-state index in [2.05, 4.69) is 27.7 Å². The molecule has 0 aromatic rings. The van der Waals surface area contributed by atoms with Crippen LogP contribution < -0.4 is 0 Å². The number of unbranched alkanes of at least 4 members (excludes halogenated alkanes) is 59. The Morgan fingerprint density at radius 2 is 0.286 bits per heavy atom. The zero-order valence-corrected chi connectivity index (χ0v) is 54.1. The number of carboxylic acid groups (broad SMARTS) is 1. The molecule has 0 amide bonds. The maximum atomic E-state index is 10.3. The monoisotopic (exact) mass is 1100 g/mol. The fourth-order valence-electron chi connectivity index (χ4n) is 10.6. The van der Waals surface area contributed by atoms with E-state index in [4.69, 9.17) is 20.4 Å². The molecule has 0 aliphatic carbocycles. The second-order valence-corrected chi connectivity index (χ2v) is 24.2. The van der Waals surface area contributed by atoms with Gasteiger partial charge in [-0.15, -0.1) is 0 Å². The summed E-state index contributed by atoms with van der Waals surface area (Å²) in [6, 6.07) is 0. The molecule has 4 N–H and O–H groups in total. The van der Waals surface area contributed by atoms with Crippen LogP contribution in [0, 0.1) is 0 Å². The number of carboxylic acids is 1. The molecule has 0 unspecified atom stereocenters. The molecule has 0 heterocycles. The molecule has 0 aromatic heterocycles.